The molecule has 38 heavy (non-hydrogen) atoms. The Morgan fingerprint density at radius 3 is 2.79 bits per heavy atom. The zero-order chi connectivity index (χ0) is 27.0. The number of aryl methyl sites for hydroxylation is 1. The Kier molecular flexibility index (Phi) is 7.45. The van der Waals surface area contributed by atoms with Crippen LogP contribution in [0.1, 0.15) is 53.3 Å². The highest BCUT2D eigenvalue weighted by molar-refractivity contribution is 9.10. The summed E-state index contributed by atoms with van der Waals surface area (Å²) < 4.78 is 28.9. The first-order valence-corrected chi connectivity index (χ1v) is 15.4. The molecule has 1 amide bonds. The smallest absolute Gasteiger partial charge is 0.256 e. The maximum atomic E-state index is 13.8. The van der Waals surface area contributed by atoms with Gasteiger partial charge in [0.1, 0.15) is 5.82 Å². The minimum atomic E-state index is -3.55. The standard InChI is InChI=1S/C26H32BrN7O3S/c1-17-15-34-24(29-25(17)32-11-9-18(16-32)14-28-2)13-22(30-34)23-6-4-5-10-33(23)26(35)20-12-19(27)7-8-21(20)31-38(3,36)37/h7-8,12-15,18,23,31H,4-6,9-11,16H2,1-3H3. The maximum absolute atomic E-state index is 13.8. The van der Waals surface area contributed by atoms with Crippen LogP contribution in [-0.2, 0) is 10.0 Å². The number of piperidine rings is 1. The van der Waals surface area contributed by atoms with E-state index >= 15 is 0 Å². The zero-order valence-electron chi connectivity index (χ0n) is 21.8. The third-order valence-electron chi connectivity index (χ3n) is 7.12. The number of aromatic nitrogens is 3. The third-order valence-corrected chi connectivity index (χ3v) is 8.20. The molecule has 5 rings (SSSR count). The molecule has 12 heteroatoms. The molecule has 3 aromatic rings. The highest BCUT2D eigenvalue weighted by Gasteiger charge is 2.32. The summed E-state index contributed by atoms with van der Waals surface area (Å²) >= 11 is 3.42. The number of aliphatic imine (C=N–C) groups is 1. The Morgan fingerprint density at radius 2 is 2.03 bits per heavy atom. The molecule has 2 aliphatic rings. The number of amides is 1. The van der Waals surface area contributed by atoms with E-state index in [1.54, 1.807) is 22.7 Å². The molecule has 0 saturated carbocycles. The van der Waals surface area contributed by atoms with E-state index in [2.05, 4.69) is 30.5 Å². The van der Waals surface area contributed by atoms with Crippen molar-refractivity contribution in [3.05, 3.63) is 51.8 Å². The molecule has 0 bridgehead atoms. The number of anilines is 2. The normalized spacial score (nSPS) is 20.5. The fourth-order valence-corrected chi connectivity index (χ4v) is 6.37. The second kappa shape index (κ2) is 10.6. The summed E-state index contributed by atoms with van der Waals surface area (Å²) in [7, 11) is -1.74. The Labute approximate surface area is 231 Å². The molecule has 0 spiro atoms. The number of carbonyl (C=O) groups is 1. The number of fused-ring (bicyclic) bond motifs is 1. The Morgan fingerprint density at radius 1 is 1.21 bits per heavy atom. The van der Waals surface area contributed by atoms with Gasteiger partial charge in [0.15, 0.2) is 5.65 Å². The molecule has 10 nitrogen and oxygen atoms in total. The lowest BCUT2D eigenvalue weighted by Gasteiger charge is -2.35. The Balaban J connectivity index is 1.46. The van der Waals surface area contributed by atoms with Crippen LogP contribution in [0.2, 0.25) is 0 Å². The molecule has 2 saturated heterocycles. The van der Waals surface area contributed by atoms with Crippen LogP contribution in [0, 0.1) is 12.8 Å². The molecule has 202 valence electrons. The first-order chi connectivity index (χ1) is 18.1. The topological polar surface area (TPSA) is 112 Å². The van der Waals surface area contributed by atoms with Gasteiger partial charge in [-0.3, -0.25) is 9.52 Å². The van der Waals surface area contributed by atoms with Gasteiger partial charge >= 0.3 is 0 Å². The van der Waals surface area contributed by atoms with Crippen LogP contribution >= 0.6 is 15.9 Å². The van der Waals surface area contributed by atoms with Gasteiger partial charge in [-0.05, 0) is 50.8 Å². The lowest BCUT2D eigenvalue weighted by Crippen LogP contribution is -2.39. The number of carbonyl (C=O) groups excluding carboxylic acids is 1. The number of likely N-dealkylation sites (tertiary alicyclic amines) is 1. The first kappa shape index (κ1) is 26.6. The number of benzene rings is 1. The molecule has 2 fully saturated rings. The largest absolute Gasteiger partial charge is 0.356 e. The van der Waals surface area contributed by atoms with E-state index in [1.165, 1.54) is 0 Å². The van der Waals surface area contributed by atoms with Gasteiger partial charge in [-0.25, -0.2) is 17.9 Å². The van der Waals surface area contributed by atoms with E-state index in [9.17, 15) is 13.2 Å². The molecule has 4 heterocycles. The van der Waals surface area contributed by atoms with Crippen molar-refractivity contribution in [3.8, 4) is 0 Å². The highest BCUT2D eigenvalue weighted by atomic mass is 79.9. The number of hydrogen-bond donors (Lipinski definition) is 1. The van der Waals surface area contributed by atoms with Crippen LogP contribution in [0.3, 0.4) is 0 Å². The molecule has 2 unspecified atom stereocenters. The Hall–Kier alpha value is -2.99. The van der Waals surface area contributed by atoms with E-state index < -0.39 is 10.0 Å². The number of rotatable bonds is 6. The van der Waals surface area contributed by atoms with E-state index in [-0.39, 0.29) is 17.6 Å². The summed E-state index contributed by atoms with van der Waals surface area (Å²) in [5.74, 6) is 1.16. The van der Waals surface area contributed by atoms with E-state index in [0.717, 1.165) is 67.8 Å². The highest BCUT2D eigenvalue weighted by Crippen LogP contribution is 2.34. The second-order valence-corrected chi connectivity index (χ2v) is 12.8. The van der Waals surface area contributed by atoms with Gasteiger partial charge in [0.2, 0.25) is 10.0 Å². The predicted molar refractivity (Wildman–Crippen MR) is 153 cm³/mol. The van der Waals surface area contributed by atoms with E-state index in [0.29, 0.717) is 22.5 Å². The number of sulfonamides is 1. The van der Waals surface area contributed by atoms with Crippen molar-refractivity contribution in [2.24, 2.45) is 10.9 Å². The number of nitrogens with zero attached hydrogens (tertiary/aromatic N) is 6. The number of halogens is 1. The SMILES string of the molecule is CN=CC1CCN(c2nc3cc(C4CCCCN4C(=O)c4cc(Br)ccc4NS(C)(=O)=O)nn3cc2C)C1. The van der Waals surface area contributed by atoms with Crippen molar-refractivity contribution in [2.75, 3.05) is 42.6 Å². The lowest BCUT2D eigenvalue weighted by atomic mass is 9.98. The van der Waals surface area contributed by atoms with Gasteiger partial charge in [-0.15, -0.1) is 0 Å². The molecule has 1 aromatic carbocycles. The molecular formula is C26H32BrN7O3S. The summed E-state index contributed by atoms with van der Waals surface area (Å²) in [6.07, 6.45) is 8.76. The summed E-state index contributed by atoms with van der Waals surface area (Å²) in [4.78, 5) is 27.1. The monoisotopic (exact) mass is 601 g/mol. The van der Waals surface area contributed by atoms with Crippen molar-refractivity contribution in [2.45, 2.75) is 38.6 Å². The fraction of sp³-hybridized carbons (Fsp3) is 0.462. The average Bonchev–Trinajstić information content (AvgIpc) is 3.50. The summed E-state index contributed by atoms with van der Waals surface area (Å²) in [5, 5.41) is 4.83. The quantitative estimate of drug-likeness (QED) is 0.426. The molecule has 2 aliphatic heterocycles. The summed E-state index contributed by atoms with van der Waals surface area (Å²) in [6, 6.07) is 6.71. The molecule has 2 aromatic heterocycles. The van der Waals surface area contributed by atoms with Crippen molar-refractivity contribution in [1.82, 2.24) is 19.5 Å². The van der Waals surface area contributed by atoms with E-state index in [1.807, 2.05) is 37.3 Å². The van der Waals surface area contributed by atoms with Gasteiger partial charge in [0, 0.05) is 61.1 Å². The van der Waals surface area contributed by atoms with Gasteiger partial charge < -0.3 is 14.8 Å². The second-order valence-electron chi connectivity index (χ2n) is 10.1. The van der Waals surface area contributed by atoms with Gasteiger partial charge in [0.25, 0.3) is 5.91 Å². The van der Waals surface area contributed by atoms with Crippen LogP contribution in [0.25, 0.3) is 5.65 Å². The molecule has 0 radical (unpaired) electrons. The van der Waals surface area contributed by atoms with Crippen LogP contribution in [0.15, 0.2) is 39.9 Å². The average molecular weight is 603 g/mol. The van der Waals surface area contributed by atoms with Crippen LogP contribution in [0.5, 0.6) is 0 Å². The number of nitrogens with one attached hydrogen (secondary N) is 1. The van der Waals surface area contributed by atoms with Gasteiger partial charge in [0.05, 0.1) is 29.2 Å². The molecule has 1 N–H and O–H groups in total. The molecule has 2 atom stereocenters. The third kappa shape index (κ3) is 5.56. The van der Waals surface area contributed by atoms with Crippen molar-refractivity contribution >= 4 is 55.2 Å². The number of hydrogen-bond acceptors (Lipinski definition) is 7. The van der Waals surface area contributed by atoms with E-state index in [4.69, 9.17) is 10.1 Å². The van der Waals surface area contributed by atoms with Crippen LogP contribution in [0.4, 0.5) is 11.5 Å². The molecule has 0 aliphatic carbocycles. The maximum Gasteiger partial charge on any atom is 0.256 e. The van der Waals surface area contributed by atoms with Gasteiger partial charge in [-0.2, -0.15) is 5.10 Å². The zero-order valence-corrected chi connectivity index (χ0v) is 24.2. The fourth-order valence-electron chi connectivity index (χ4n) is 5.43. The van der Waals surface area contributed by atoms with Crippen molar-refractivity contribution < 1.29 is 13.2 Å². The van der Waals surface area contributed by atoms with Crippen LogP contribution in [-0.4, -0.2) is 73.0 Å². The summed E-state index contributed by atoms with van der Waals surface area (Å²) in [6.45, 7) is 4.44. The molecular weight excluding hydrogens is 570 g/mol. The predicted octanol–water partition coefficient (Wildman–Crippen LogP) is 4.07. The van der Waals surface area contributed by atoms with Crippen LogP contribution < -0.4 is 9.62 Å². The van der Waals surface area contributed by atoms with Gasteiger partial charge in [-0.1, -0.05) is 15.9 Å². The Bertz CT molecular complexity index is 1500. The van der Waals surface area contributed by atoms with Crippen molar-refractivity contribution in [3.63, 3.8) is 0 Å². The minimum Gasteiger partial charge on any atom is -0.356 e. The lowest BCUT2D eigenvalue weighted by molar-refractivity contribution is 0.0606. The minimum absolute atomic E-state index is 0.232. The summed E-state index contributed by atoms with van der Waals surface area (Å²) in [5.41, 5.74) is 3.14. The van der Waals surface area contributed by atoms with Crippen molar-refractivity contribution in [1.29, 1.82) is 0 Å². The first-order valence-electron chi connectivity index (χ1n) is 12.8.